The number of nitrogens with zero attached hydrogens (tertiary/aromatic N) is 3. The van der Waals surface area contributed by atoms with Crippen molar-refractivity contribution in [2.45, 2.75) is 13.1 Å². The number of nitrogens with one attached hydrogen (secondary N) is 1. The van der Waals surface area contributed by atoms with E-state index in [1.807, 2.05) is 44.1 Å². The van der Waals surface area contributed by atoms with Crippen molar-refractivity contribution in [1.29, 1.82) is 0 Å². The molecule has 0 bridgehead atoms. The predicted molar refractivity (Wildman–Crippen MR) is 82.0 cm³/mol. The van der Waals surface area contributed by atoms with E-state index in [4.69, 9.17) is 12.2 Å². The van der Waals surface area contributed by atoms with Gasteiger partial charge in [-0.3, -0.25) is 4.68 Å². The molecule has 0 amide bonds. The fourth-order valence-corrected chi connectivity index (χ4v) is 2.78. The Bertz CT molecular complexity index is 775. The van der Waals surface area contributed by atoms with E-state index in [1.165, 1.54) is 6.07 Å². The molecule has 0 fully saturated rings. The normalized spacial score (nSPS) is 11.3. The zero-order valence-corrected chi connectivity index (χ0v) is 12.8. The minimum absolute atomic E-state index is 0.227. The van der Waals surface area contributed by atoms with Crippen molar-refractivity contribution in [3.8, 4) is 0 Å². The number of imidazole rings is 1. The van der Waals surface area contributed by atoms with Crippen molar-refractivity contribution in [1.82, 2.24) is 19.3 Å². The fraction of sp³-hybridized carbons (Fsp3) is 0.167. The summed E-state index contributed by atoms with van der Waals surface area (Å²) >= 11 is 7.26. The fourth-order valence-electron chi connectivity index (χ4n) is 2.01. The summed E-state index contributed by atoms with van der Waals surface area (Å²) in [5, 5.41) is 4.14. The Kier molecular flexibility index (Phi) is 3.40. The van der Waals surface area contributed by atoms with Crippen LogP contribution < -0.4 is 0 Å². The molecule has 4 nitrogen and oxygen atoms in total. The smallest absolute Gasteiger partial charge is 0.178 e. The van der Waals surface area contributed by atoms with Crippen molar-refractivity contribution < 1.29 is 4.39 Å². The van der Waals surface area contributed by atoms with Gasteiger partial charge < -0.3 is 9.55 Å². The van der Waals surface area contributed by atoms with E-state index in [9.17, 15) is 4.39 Å². The van der Waals surface area contributed by atoms with Gasteiger partial charge in [-0.25, -0.2) is 4.39 Å². The standard InChI is InChI=1S/C12H10FIN4S/c13-8-6-11-10(7-9(8)14)16-12(19)18(11)5-4-17-3-1-2-15-17/h1-3,6-7H,4-5H2,(H,16,19). The summed E-state index contributed by atoms with van der Waals surface area (Å²) in [6, 6.07) is 5.16. The van der Waals surface area contributed by atoms with Gasteiger partial charge in [0.1, 0.15) is 5.82 Å². The molecular formula is C12H10FIN4S. The van der Waals surface area contributed by atoms with E-state index in [0.29, 0.717) is 21.4 Å². The number of fused-ring (bicyclic) bond motifs is 1. The SMILES string of the molecule is Fc1cc2c(cc1I)[nH]c(=S)n2CCn1cccn1. The summed E-state index contributed by atoms with van der Waals surface area (Å²) in [5.41, 5.74) is 1.64. The van der Waals surface area contributed by atoms with Gasteiger partial charge in [0, 0.05) is 25.0 Å². The lowest BCUT2D eigenvalue weighted by atomic mass is 10.3. The molecule has 0 atom stereocenters. The summed E-state index contributed by atoms with van der Waals surface area (Å²) in [4.78, 5) is 3.10. The van der Waals surface area contributed by atoms with Gasteiger partial charge in [-0.15, -0.1) is 0 Å². The van der Waals surface area contributed by atoms with Crippen molar-refractivity contribution >= 4 is 45.8 Å². The maximum Gasteiger partial charge on any atom is 0.178 e. The monoisotopic (exact) mass is 388 g/mol. The van der Waals surface area contributed by atoms with Gasteiger partial charge in [0.25, 0.3) is 0 Å². The summed E-state index contributed by atoms with van der Waals surface area (Å²) in [5.74, 6) is -0.227. The largest absolute Gasteiger partial charge is 0.331 e. The number of aryl methyl sites for hydroxylation is 2. The maximum absolute atomic E-state index is 13.7. The van der Waals surface area contributed by atoms with Gasteiger partial charge in [0.2, 0.25) is 0 Å². The molecule has 0 aliphatic rings. The van der Waals surface area contributed by atoms with Gasteiger partial charge in [-0.1, -0.05) is 0 Å². The lowest BCUT2D eigenvalue weighted by Gasteiger charge is -2.05. The van der Waals surface area contributed by atoms with Crippen LogP contribution in [0.4, 0.5) is 4.39 Å². The van der Waals surface area contributed by atoms with E-state index in [-0.39, 0.29) is 5.82 Å². The second-order valence-electron chi connectivity index (χ2n) is 4.13. The molecule has 0 saturated carbocycles. The first-order chi connectivity index (χ1) is 9.15. The third-order valence-electron chi connectivity index (χ3n) is 2.93. The molecule has 2 aromatic heterocycles. The Hall–Kier alpha value is -1.22. The zero-order valence-electron chi connectivity index (χ0n) is 9.81. The highest BCUT2D eigenvalue weighted by Crippen LogP contribution is 2.20. The van der Waals surface area contributed by atoms with Gasteiger partial charge in [-0.2, -0.15) is 5.10 Å². The number of benzene rings is 1. The van der Waals surface area contributed by atoms with E-state index in [1.54, 1.807) is 12.3 Å². The maximum atomic E-state index is 13.7. The highest BCUT2D eigenvalue weighted by molar-refractivity contribution is 14.1. The van der Waals surface area contributed by atoms with Crippen LogP contribution in [0.25, 0.3) is 11.0 Å². The van der Waals surface area contributed by atoms with Crippen LogP contribution in [-0.2, 0) is 13.1 Å². The Balaban J connectivity index is 2.00. The highest BCUT2D eigenvalue weighted by atomic mass is 127. The lowest BCUT2D eigenvalue weighted by molar-refractivity contribution is 0.537. The minimum Gasteiger partial charge on any atom is -0.331 e. The average Bonchev–Trinajstić information content (AvgIpc) is 2.96. The van der Waals surface area contributed by atoms with Crippen LogP contribution in [0, 0.1) is 14.2 Å². The summed E-state index contributed by atoms with van der Waals surface area (Å²) in [6.07, 6.45) is 3.62. The molecule has 0 aliphatic carbocycles. The molecule has 19 heavy (non-hydrogen) atoms. The van der Waals surface area contributed by atoms with Gasteiger partial charge in [0.15, 0.2) is 4.77 Å². The van der Waals surface area contributed by atoms with Crippen molar-refractivity contribution in [3.05, 3.63) is 44.8 Å². The van der Waals surface area contributed by atoms with Crippen LogP contribution >= 0.6 is 34.8 Å². The molecule has 1 aromatic carbocycles. The Morgan fingerprint density at radius 3 is 2.95 bits per heavy atom. The van der Waals surface area contributed by atoms with Crippen LogP contribution in [0.3, 0.4) is 0 Å². The molecule has 3 rings (SSSR count). The van der Waals surface area contributed by atoms with Crippen LogP contribution in [0.1, 0.15) is 0 Å². The third-order valence-corrected chi connectivity index (χ3v) is 4.08. The van der Waals surface area contributed by atoms with Crippen LogP contribution in [0.5, 0.6) is 0 Å². The molecule has 0 spiro atoms. The first kappa shape index (κ1) is 12.8. The van der Waals surface area contributed by atoms with E-state index < -0.39 is 0 Å². The van der Waals surface area contributed by atoms with Crippen LogP contribution in [-0.4, -0.2) is 19.3 Å². The first-order valence-corrected chi connectivity index (χ1v) is 7.19. The van der Waals surface area contributed by atoms with Crippen molar-refractivity contribution in [2.24, 2.45) is 0 Å². The molecule has 3 aromatic rings. The molecule has 0 unspecified atom stereocenters. The molecule has 98 valence electrons. The van der Waals surface area contributed by atoms with Crippen LogP contribution in [0.2, 0.25) is 0 Å². The predicted octanol–water partition coefficient (Wildman–Crippen LogP) is 3.34. The highest BCUT2D eigenvalue weighted by Gasteiger charge is 2.08. The van der Waals surface area contributed by atoms with E-state index in [0.717, 1.165) is 11.0 Å². The molecular weight excluding hydrogens is 378 g/mol. The molecule has 2 heterocycles. The Morgan fingerprint density at radius 2 is 2.21 bits per heavy atom. The quantitative estimate of drug-likeness (QED) is 0.552. The number of aromatic nitrogens is 4. The number of halogens is 2. The molecule has 0 aliphatic heterocycles. The van der Waals surface area contributed by atoms with E-state index in [2.05, 4.69) is 10.1 Å². The molecule has 0 radical (unpaired) electrons. The first-order valence-electron chi connectivity index (χ1n) is 5.70. The average molecular weight is 388 g/mol. The Morgan fingerprint density at radius 1 is 1.37 bits per heavy atom. The number of H-pyrrole nitrogens is 1. The number of hydrogen-bond acceptors (Lipinski definition) is 2. The second-order valence-corrected chi connectivity index (χ2v) is 5.68. The Labute approximate surface area is 127 Å². The topological polar surface area (TPSA) is 38.5 Å². The van der Waals surface area contributed by atoms with E-state index >= 15 is 0 Å². The summed E-state index contributed by atoms with van der Waals surface area (Å²) < 4.78 is 18.6. The summed E-state index contributed by atoms with van der Waals surface area (Å²) in [6.45, 7) is 1.35. The second kappa shape index (κ2) is 5.04. The summed E-state index contributed by atoms with van der Waals surface area (Å²) in [7, 11) is 0. The van der Waals surface area contributed by atoms with Crippen molar-refractivity contribution in [2.75, 3.05) is 0 Å². The molecule has 0 saturated heterocycles. The van der Waals surface area contributed by atoms with Gasteiger partial charge in [0.05, 0.1) is 21.1 Å². The number of aromatic amines is 1. The van der Waals surface area contributed by atoms with Crippen LogP contribution in [0.15, 0.2) is 30.6 Å². The van der Waals surface area contributed by atoms with Gasteiger partial charge >= 0.3 is 0 Å². The number of rotatable bonds is 3. The van der Waals surface area contributed by atoms with Crippen molar-refractivity contribution in [3.63, 3.8) is 0 Å². The zero-order chi connectivity index (χ0) is 13.4. The van der Waals surface area contributed by atoms with Gasteiger partial charge in [-0.05, 0) is 46.9 Å². The number of hydrogen-bond donors (Lipinski definition) is 1. The lowest BCUT2D eigenvalue weighted by Crippen LogP contribution is -2.07. The molecule has 7 heteroatoms. The third kappa shape index (κ3) is 2.44. The minimum atomic E-state index is -0.227. The molecule has 1 N–H and O–H groups in total.